The summed E-state index contributed by atoms with van der Waals surface area (Å²) in [6.45, 7) is 2.26. The van der Waals surface area contributed by atoms with Crippen LogP contribution in [0.2, 0.25) is 0 Å². The van der Waals surface area contributed by atoms with Crippen molar-refractivity contribution < 1.29 is 9.90 Å². The van der Waals surface area contributed by atoms with Crippen molar-refractivity contribution in [2.75, 3.05) is 19.6 Å². The SMILES string of the molecule is O=C(O)N1CCCNC[C@H]1Cc1ccccc1. The average Bonchev–Trinajstić information content (AvgIpc) is 2.56. The fourth-order valence-electron chi connectivity index (χ4n) is 2.26. The Hall–Kier alpha value is -1.55. The first-order valence-electron chi connectivity index (χ1n) is 6.01. The lowest BCUT2D eigenvalue weighted by Crippen LogP contribution is -2.44. The topological polar surface area (TPSA) is 52.6 Å². The van der Waals surface area contributed by atoms with Crippen LogP contribution in [0, 0.1) is 0 Å². The molecule has 17 heavy (non-hydrogen) atoms. The molecule has 1 aliphatic heterocycles. The maximum Gasteiger partial charge on any atom is 0.407 e. The minimum atomic E-state index is -0.811. The Morgan fingerprint density at radius 3 is 2.88 bits per heavy atom. The van der Waals surface area contributed by atoms with E-state index in [1.165, 1.54) is 5.56 Å². The van der Waals surface area contributed by atoms with E-state index in [9.17, 15) is 9.90 Å². The highest BCUT2D eigenvalue weighted by Crippen LogP contribution is 2.11. The highest BCUT2D eigenvalue weighted by molar-refractivity contribution is 5.65. The summed E-state index contributed by atoms with van der Waals surface area (Å²) in [5.41, 5.74) is 1.19. The molecule has 1 saturated heterocycles. The first-order chi connectivity index (χ1) is 8.27. The molecule has 1 amide bonds. The van der Waals surface area contributed by atoms with Gasteiger partial charge in [-0.1, -0.05) is 30.3 Å². The van der Waals surface area contributed by atoms with Gasteiger partial charge in [0.25, 0.3) is 0 Å². The zero-order valence-electron chi connectivity index (χ0n) is 9.80. The molecule has 0 aliphatic carbocycles. The molecule has 2 N–H and O–H groups in total. The van der Waals surface area contributed by atoms with Crippen LogP contribution in [0.5, 0.6) is 0 Å². The molecule has 0 unspecified atom stereocenters. The van der Waals surface area contributed by atoms with Gasteiger partial charge in [-0.3, -0.25) is 0 Å². The molecule has 1 aromatic carbocycles. The first-order valence-corrected chi connectivity index (χ1v) is 6.01. The predicted molar refractivity (Wildman–Crippen MR) is 66.2 cm³/mol. The molecule has 1 fully saturated rings. The van der Waals surface area contributed by atoms with E-state index < -0.39 is 6.09 Å². The van der Waals surface area contributed by atoms with Crippen LogP contribution in [0.4, 0.5) is 4.79 Å². The van der Waals surface area contributed by atoms with Gasteiger partial charge in [-0.05, 0) is 24.9 Å². The molecule has 2 rings (SSSR count). The van der Waals surface area contributed by atoms with Crippen molar-refractivity contribution in [3.63, 3.8) is 0 Å². The van der Waals surface area contributed by atoms with Crippen molar-refractivity contribution in [1.29, 1.82) is 0 Å². The number of hydrogen-bond acceptors (Lipinski definition) is 2. The van der Waals surface area contributed by atoms with E-state index in [4.69, 9.17) is 0 Å². The standard InChI is InChI=1S/C13H18N2O2/c16-13(17)15-8-4-7-14-10-12(15)9-11-5-2-1-3-6-11/h1-3,5-6,12,14H,4,7-10H2,(H,16,17)/t12-/m1/s1. The summed E-state index contributed by atoms with van der Waals surface area (Å²) < 4.78 is 0. The Labute approximate surface area is 101 Å². The minimum Gasteiger partial charge on any atom is -0.465 e. The van der Waals surface area contributed by atoms with Gasteiger partial charge in [0.2, 0.25) is 0 Å². The summed E-state index contributed by atoms with van der Waals surface area (Å²) in [5.74, 6) is 0. The fraction of sp³-hybridized carbons (Fsp3) is 0.462. The molecule has 0 spiro atoms. The molecular formula is C13H18N2O2. The van der Waals surface area contributed by atoms with E-state index >= 15 is 0 Å². The summed E-state index contributed by atoms with van der Waals surface area (Å²) in [4.78, 5) is 12.8. The maximum atomic E-state index is 11.2. The van der Waals surface area contributed by atoms with Gasteiger partial charge in [0, 0.05) is 13.1 Å². The Kier molecular flexibility index (Phi) is 3.98. The van der Waals surface area contributed by atoms with Gasteiger partial charge in [0.15, 0.2) is 0 Å². The van der Waals surface area contributed by atoms with E-state index in [0.717, 1.165) is 25.9 Å². The van der Waals surface area contributed by atoms with E-state index in [-0.39, 0.29) is 6.04 Å². The van der Waals surface area contributed by atoms with Gasteiger partial charge in [-0.2, -0.15) is 0 Å². The molecular weight excluding hydrogens is 216 g/mol. The van der Waals surface area contributed by atoms with Gasteiger partial charge in [-0.15, -0.1) is 0 Å². The molecule has 1 aliphatic rings. The van der Waals surface area contributed by atoms with Crippen molar-refractivity contribution in [2.45, 2.75) is 18.9 Å². The van der Waals surface area contributed by atoms with Crippen LogP contribution in [0.25, 0.3) is 0 Å². The lowest BCUT2D eigenvalue weighted by Gasteiger charge is -2.27. The summed E-state index contributed by atoms with van der Waals surface area (Å²) in [6.07, 6.45) is 0.854. The largest absolute Gasteiger partial charge is 0.465 e. The summed E-state index contributed by atoms with van der Waals surface area (Å²) in [6, 6.07) is 10.1. The van der Waals surface area contributed by atoms with Gasteiger partial charge in [0.1, 0.15) is 0 Å². The van der Waals surface area contributed by atoms with Crippen LogP contribution in [0.1, 0.15) is 12.0 Å². The fourth-order valence-corrected chi connectivity index (χ4v) is 2.26. The Bertz CT molecular complexity index is 367. The van der Waals surface area contributed by atoms with Crippen LogP contribution in [0.3, 0.4) is 0 Å². The molecule has 0 aromatic heterocycles. The molecule has 0 radical (unpaired) electrons. The maximum absolute atomic E-state index is 11.2. The Morgan fingerprint density at radius 1 is 1.41 bits per heavy atom. The minimum absolute atomic E-state index is 0.0393. The second kappa shape index (κ2) is 5.68. The number of carboxylic acid groups (broad SMARTS) is 1. The van der Waals surface area contributed by atoms with Crippen molar-refractivity contribution in [1.82, 2.24) is 10.2 Å². The number of rotatable bonds is 2. The summed E-state index contributed by atoms with van der Waals surface area (Å²) >= 11 is 0. The first kappa shape index (κ1) is 11.9. The number of benzene rings is 1. The van der Waals surface area contributed by atoms with Crippen molar-refractivity contribution in [2.24, 2.45) is 0 Å². The predicted octanol–water partition coefficient (Wildman–Crippen LogP) is 1.57. The molecule has 92 valence electrons. The van der Waals surface area contributed by atoms with Crippen LogP contribution in [0.15, 0.2) is 30.3 Å². The average molecular weight is 234 g/mol. The summed E-state index contributed by atoms with van der Waals surface area (Å²) in [5, 5.41) is 12.5. The molecule has 4 heteroatoms. The third-order valence-electron chi connectivity index (χ3n) is 3.13. The quantitative estimate of drug-likeness (QED) is 0.816. The van der Waals surface area contributed by atoms with Crippen molar-refractivity contribution >= 4 is 6.09 Å². The Morgan fingerprint density at radius 2 is 2.18 bits per heavy atom. The second-order valence-electron chi connectivity index (χ2n) is 4.38. The smallest absolute Gasteiger partial charge is 0.407 e. The van der Waals surface area contributed by atoms with E-state index in [0.29, 0.717) is 6.54 Å². The lowest BCUT2D eigenvalue weighted by molar-refractivity contribution is 0.128. The lowest BCUT2D eigenvalue weighted by atomic mass is 10.1. The van der Waals surface area contributed by atoms with Crippen LogP contribution in [-0.4, -0.2) is 41.8 Å². The van der Waals surface area contributed by atoms with Crippen molar-refractivity contribution in [3.8, 4) is 0 Å². The molecule has 0 saturated carbocycles. The van der Waals surface area contributed by atoms with Crippen LogP contribution in [-0.2, 0) is 6.42 Å². The number of carbonyl (C=O) groups is 1. The second-order valence-corrected chi connectivity index (χ2v) is 4.38. The van der Waals surface area contributed by atoms with Gasteiger partial charge >= 0.3 is 6.09 Å². The zero-order chi connectivity index (χ0) is 12.1. The number of nitrogens with zero attached hydrogens (tertiary/aromatic N) is 1. The van der Waals surface area contributed by atoms with Crippen molar-refractivity contribution in [3.05, 3.63) is 35.9 Å². The molecule has 0 bridgehead atoms. The van der Waals surface area contributed by atoms with E-state index in [1.54, 1.807) is 4.90 Å². The number of nitrogens with one attached hydrogen (secondary N) is 1. The number of amides is 1. The van der Waals surface area contributed by atoms with Crippen LogP contribution < -0.4 is 5.32 Å². The molecule has 1 aromatic rings. The van der Waals surface area contributed by atoms with Gasteiger partial charge in [-0.25, -0.2) is 4.79 Å². The van der Waals surface area contributed by atoms with Gasteiger partial charge < -0.3 is 15.3 Å². The van der Waals surface area contributed by atoms with E-state index in [1.807, 2.05) is 30.3 Å². The summed E-state index contributed by atoms with van der Waals surface area (Å²) in [7, 11) is 0. The number of hydrogen-bond donors (Lipinski definition) is 2. The van der Waals surface area contributed by atoms with Crippen LogP contribution >= 0.6 is 0 Å². The highest BCUT2D eigenvalue weighted by atomic mass is 16.4. The molecule has 1 atom stereocenters. The monoisotopic (exact) mass is 234 g/mol. The Balaban J connectivity index is 2.07. The molecule has 4 nitrogen and oxygen atoms in total. The third-order valence-corrected chi connectivity index (χ3v) is 3.13. The van der Waals surface area contributed by atoms with E-state index in [2.05, 4.69) is 5.32 Å². The van der Waals surface area contributed by atoms with Gasteiger partial charge in [0.05, 0.1) is 6.04 Å². The zero-order valence-corrected chi connectivity index (χ0v) is 9.80. The highest BCUT2D eigenvalue weighted by Gasteiger charge is 2.24. The molecule has 1 heterocycles. The third kappa shape index (κ3) is 3.20. The normalized spacial score (nSPS) is 20.9.